The summed E-state index contributed by atoms with van der Waals surface area (Å²) in [4.78, 5) is 24.7. The van der Waals surface area contributed by atoms with Crippen molar-refractivity contribution in [2.75, 3.05) is 11.9 Å². The lowest BCUT2D eigenvalue weighted by Gasteiger charge is -2.24. The van der Waals surface area contributed by atoms with E-state index in [1.165, 1.54) is 6.21 Å². The van der Waals surface area contributed by atoms with Crippen LogP contribution in [0.25, 0.3) is 0 Å². The van der Waals surface area contributed by atoms with Crippen molar-refractivity contribution in [3.8, 4) is 11.5 Å². The number of ether oxygens (including phenoxy) is 2. The van der Waals surface area contributed by atoms with E-state index in [1.54, 1.807) is 42.5 Å². The number of aryl methyl sites for hydroxylation is 1. The zero-order valence-electron chi connectivity index (χ0n) is 16.9. The molecule has 156 valence electrons. The molecule has 2 amide bonds. The molecule has 0 aromatic heterocycles. The molecule has 0 bridgehead atoms. The molecule has 1 aliphatic rings. The highest BCUT2D eigenvalue weighted by molar-refractivity contribution is 6.04. The van der Waals surface area contributed by atoms with Crippen LogP contribution in [-0.2, 0) is 4.79 Å². The summed E-state index contributed by atoms with van der Waals surface area (Å²) in [6.45, 7) is 2.08. The minimum Gasteiger partial charge on any atom is -0.485 e. The average molecular weight is 415 g/mol. The number of fused-ring (bicyclic) bond motifs is 1. The Hall–Kier alpha value is -4.13. The minimum atomic E-state index is -0.785. The van der Waals surface area contributed by atoms with Gasteiger partial charge in [0.15, 0.2) is 11.5 Å². The number of nitrogens with zero attached hydrogens (tertiary/aromatic N) is 1. The van der Waals surface area contributed by atoms with Gasteiger partial charge in [-0.3, -0.25) is 9.59 Å². The maximum atomic E-state index is 12.4. The maximum absolute atomic E-state index is 12.4. The molecule has 3 aromatic rings. The van der Waals surface area contributed by atoms with Crippen LogP contribution in [0.3, 0.4) is 0 Å². The number of benzene rings is 3. The van der Waals surface area contributed by atoms with Gasteiger partial charge in [-0.2, -0.15) is 5.10 Å². The van der Waals surface area contributed by atoms with E-state index in [0.717, 1.165) is 5.56 Å². The van der Waals surface area contributed by atoms with Gasteiger partial charge >= 0.3 is 0 Å². The summed E-state index contributed by atoms with van der Waals surface area (Å²) in [6.07, 6.45) is 0.712. The highest BCUT2D eigenvalue weighted by atomic mass is 16.6. The quantitative estimate of drug-likeness (QED) is 0.493. The molecule has 0 saturated heterocycles. The van der Waals surface area contributed by atoms with Crippen LogP contribution in [0.15, 0.2) is 77.9 Å². The molecule has 1 aliphatic heterocycles. The van der Waals surface area contributed by atoms with Gasteiger partial charge in [0.25, 0.3) is 11.8 Å². The van der Waals surface area contributed by atoms with Crippen molar-refractivity contribution in [1.29, 1.82) is 0 Å². The number of hydrazone groups is 1. The highest BCUT2D eigenvalue weighted by Crippen LogP contribution is 2.30. The van der Waals surface area contributed by atoms with Crippen molar-refractivity contribution < 1.29 is 19.1 Å². The third-order valence-corrected chi connectivity index (χ3v) is 4.65. The van der Waals surface area contributed by atoms with Crippen LogP contribution in [0.5, 0.6) is 11.5 Å². The van der Waals surface area contributed by atoms with Gasteiger partial charge in [0, 0.05) is 11.3 Å². The lowest BCUT2D eigenvalue weighted by molar-refractivity contribution is -0.130. The first-order chi connectivity index (χ1) is 15.1. The van der Waals surface area contributed by atoms with Gasteiger partial charge in [0.05, 0.1) is 6.21 Å². The molecule has 3 aromatic carbocycles. The van der Waals surface area contributed by atoms with Gasteiger partial charge in [-0.25, -0.2) is 5.43 Å². The summed E-state index contributed by atoms with van der Waals surface area (Å²) in [7, 11) is 0. The van der Waals surface area contributed by atoms with Gasteiger partial charge in [-0.05, 0) is 48.9 Å². The Morgan fingerprint density at radius 2 is 1.77 bits per heavy atom. The fourth-order valence-electron chi connectivity index (χ4n) is 3.00. The molecule has 0 unspecified atom stereocenters. The van der Waals surface area contributed by atoms with E-state index in [0.29, 0.717) is 28.3 Å². The molecule has 2 N–H and O–H groups in total. The Kier molecular flexibility index (Phi) is 5.93. The van der Waals surface area contributed by atoms with E-state index < -0.39 is 12.0 Å². The van der Waals surface area contributed by atoms with Crippen LogP contribution in [0.4, 0.5) is 5.69 Å². The summed E-state index contributed by atoms with van der Waals surface area (Å²) < 4.78 is 11.2. The van der Waals surface area contributed by atoms with Gasteiger partial charge in [-0.15, -0.1) is 0 Å². The molecule has 0 saturated carbocycles. The second-order valence-electron chi connectivity index (χ2n) is 7.04. The van der Waals surface area contributed by atoms with E-state index in [9.17, 15) is 9.59 Å². The third kappa shape index (κ3) is 5.08. The van der Waals surface area contributed by atoms with Crippen molar-refractivity contribution in [1.82, 2.24) is 5.43 Å². The van der Waals surface area contributed by atoms with Crippen molar-refractivity contribution in [2.45, 2.75) is 13.0 Å². The zero-order chi connectivity index (χ0) is 21.6. The first-order valence-corrected chi connectivity index (χ1v) is 9.78. The number of hydrogen-bond donors (Lipinski definition) is 2. The normalized spacial score (nSPS) is 14.8. The molecule has 1 heterocycles. The summed E-state index contributed by atoms with van der Waals surface area (Å²) in [5, 5.41) is 6.84. The van der Waals surface area contributed by atoms with Crippen molar-refractivity contribution in [3.05, 3.63) is 89.5 Å². The van der Waals surface area contributed by atoms with Crippen LogP contribution >= 0.6 is 0 Å². The monoisotopic (exact) mass is 415 g/mol. The Labute approximate surface area is 179 Å². The van der Waals surface area contributed by atoms with E-state index in [4.69, 9.17) is 9.47 Å². The van der Waals surface area contributed by atoms with Crippen LogP contribution in [0.2, 0.25) is 0 Å². The summed E-state index contributed by atoms with van der Waals surface area (Å²) >= 11 is 0. The standard InChI is InChI=1S/C24H21N3O4/c1-16-9-11-18(12-10-16)23(28)26-19-6-4-5-17(13-19)14-25-27-24(29)22-15-30-20-7-2-3-8-21(20)31-22/h2-14,22H,15H2,1H3,(H,26,28)(H,27,29)/b25-14-/t22-/m1/s1. The number of anilines is 1. The number of para-hydroxylation sites is 2. The van der Waals surface area contributed by atoms with Crippen molar-refractivity contribution >= 4 is 23.7 Å². The molecule has 7 nitrogen and oxygen atoms in total. The Bertz CT molecular complexity index is 1130. The second kappa shape index (κ2) is 9.13. The summed E-state index contributed by atoms with van der Waals surface area (Å²) in [6, 6.07) is 21.7. The maximum Gasteiger partial charge on any atom is 0.284 e. The molecule has 0 fully saturated rings. The molecule has 31 heavy (non-hydrogen) atoms. The van der Waals surface area contributed by atoms with E-state index >= 15 is 0 Å². The fourth-order valence-corrected chi connectivity index (χ4v) is 3.00. The molecular weight excluding hydrogens is 394 g/mol. The first-order valence-electron chi connectivity index (χ1n) is 9.78. The molecule has 4 rings (SSSR count). The first kappa shape index (κ1) is 20.2. The molecule has 0 aliphatic carbocycles. The van der Waals surface area contributed by atoms with Crippen molar-refractivity contribution in [2.24, 2.45) is 5.10 Å². The summed E-state index contributed by atoms with van der Waals surface area (Å²) in [5.41, 5.74) is 5.47. The predicted octanol–water partition coefficient (Wildman–Crippen LogP) is 3.54. The molecule has 0 radical (unpaired) electrons. The number of carbonyl (C=O) groups excluding carboxylic acids is 2. The molecule has 0 spiro atoms. The smallest absolute Gasteiger partial charge is 0.284 e. The van der Waals surface area contributed by atoms with Gasteiger partial charge < -0.3 is 14.8 Å². The molecule has 1 atom stereocenters. The molecule has 7 heteroatoms. The van der Waals surface area contributed by atoms with Gasteiger partial charge in [-0.1, -0.05) is 42.0 Å². The Balaban J connectivity index is 1.34. The lowest BCUT2D eigenvalue weighted by atomic mass is 10.1. The van der Waals surface area contributed by atoms with Crippen LogP contribution in [0.1, 0.15) is 21.5 Å². The number of nitrogens with one attached hydrogen (secondary N) is 2. The number of amides is 2. The second-order valence-corrected chi connectivity index (χ2v) is 7.04. The number of rotatable bonds is 5. The largest absolute Gasteiger partial charge is 0.485 e. The van der Waals surface area contributed by atoms with Crippen LogP contribution in [0, 0.1) is 6.92 Å². The topological polar surface area (TPSA) is 89.0 Å². The van der Waals surface area contributed by atoms with E-state index in [-0.39, 0.29) is 12.5 Å². The molecular formula is C24H21N3O4. The lowest BCUT2D eigenvalue weighted by Crippen LogP contribution is -2.42. The average Bonchev–Trinajstić information content (AvgIpc) is 2.79. The summed E-state index contributed by atoms with van der Waals surface area (Å²) in [5.74, 6) is 0.529. The number of carbonyl (C=O) groups is 2. The van der Waals surface area contributed by atoms with E-state index in [1.807, 2.05) is 37.3 Å². The predicted molar refractivity (Wildman–Crippen MR) is 118 cm³/mol. The minimum absolute atomic E-state index is 0.110. The highest BCUT2D eigenvalue weighted by Gasteiger charge is 2.26. The zero-order valence-corrected chi connectivity index (χ0v) is 16.9. The Morgan fingerprint density at radius 3 is 2.58 bits per heavy atom. The van der Waals surface area contributed by atoms with Crippen molar-refractivity contribution in [3.63, 3.8) is 0 Å². The van der Waals surface area contributed by atoms with E-state index in [2.05, 4.69) is 15.8 Å². The number of hydrogen-bond acceptors (Lipinski definition) is 5. The van der Waals surface area contributed by atoms with Gasteiger partial charge in [0.2, 0.25) is 6.10 Å². The van der Waals surface area contributed by atoms with Crippen LogP contribution < -0.4 is 20.2 Å². The third-order valence-electron chi connectivity index (χ3n) is 4.65. The Morgan fingerprint density at radius 1 is 1.00 bits per heavy atom. The fraction of sp³-hybridized carbons (Fsp3) is 0.125. The van der Waals surface area contributed by atoms with Gasteiger partial charge in [0.1, 0.15) is 6.61 Å². The van der Waals surface area contributed by atoms with Crippen LogP contribution in [-0.4, -0.2) is 30.7 Å². The SMILES string of the molecule is Cc1ccc(C(=O)Nc2cccc(/C=N\NC(=O)[C@H]3COc4ccccc4O3)c2)cc1.